The molecule has 0 fully saturated rings. The van der Waals surface area contributed by atoms with E-state index in [-0.39, 0.29) is 91.0 Å². The molecule has 6 aromatic carbocycles. The minimum absolute atomic E-state index is 0.0990. The zero-order valence-electron chi connectivity index (χ0n) is 40.6. The molecule has 2 aliphatic rings. The molecule has 19 heteroatoms. The van der Waals surface area contributed by atoms with E-state index in [0.29, 0.717) is 28.8 Å². The lowest BCUT2D eigenvalue weighted by Crippen LogP contribution is -2.48. The number of aromatic hydroxyl groups is 4. The van der Waals surface area contributed by atoms with Crippen LogP contribution >= 0.6 is 0 Å². The van der Waals surface area contributed by atoms with Crippen LogP contribution < -0.4 is 0 Å². The van der Waals surface area contributed by atoms with E-state index in [0.717, 1.165) is 18.2 Å². The Labute approximate surface area is 441 Å². The number of rotatable bonds is 6. The molecule has 2 unspecified atom stereocenters. The van der Waals surface area contributed by atoms with E-state index in [9.17, 15) is 30.6 Å². The zero-order valence-corrected chi connectivity index (χ0v) is 40.6. The van der Waals surface area contributed by atoms with Gasteiger partial charge in [0.15, 0.2) is 11.2 Å². The van der Waals surface area contributed by atoms with Gasteiger partial charge in [-0.25, -0.2) is 9.97 Å². The summed E-state index contributed by atoms with van der Waals surface area (Å²) in [4.78, 5) is 16.5. The predicted octanol–water partition coefficient (Wildman–Crippen LogP) is 14.5. The van der Waals surface area contributed by atoms with E-state index >= 15 is 39.5 Å². The van der Waals surface area contributed by atoms with Gasteiger partial charge in [-0.3, -0.25) is 0 Å². The molecule has 0 saturated carbocycles. The molecule has 398 valence electrons. The summed E-state index contributed by atoms with van der Waals surface area (Å²) in [6.07, 6.45) is -13.1. The molecular formula is C60H39F9N4O6. The van der Waals surface area contributed by atoms with Gasteiger partial charge in [-0.05, 0) is 156 Å². The van der Waals surface area contributed by atoms with E-state index in [1.165, 1.54) is 91.9 Å². The van der Waals surface area contributed by atoms with Crippen molar-refractivity contribution < 1.29 is 70.2 Å². The number of nitrogens with one attached hydrogen (secondary N) is 2. The maximum absolute atomic E-state index is 15.2. The zero-order chi connectivity index (χ0) is 56.1. The van der Waals surface area contributed by atoms with Crippen LogP contribution in [-0.4, -0.2) is 50.6 Å². The second-order valence-electron chi connectivity index (χ2n) is 19.1. The summed E-state index contributed by atoms with van der Waals surface area (Å²) in [7, 11) is 0. The summed E-state index contributed by atoms with van der Waals surface area (Å²) < 4.78 is 137. The Bertz CT molecular complexity index is 4150. The van der Waals surface area contributed by atoms with Crippen LogP contribution in [0.1, 0.15) is 56.2 Å². The SMILES string of the molecule is Cc1cc(C(F)(F)F)cc(C2(O)c3nc(c(-c4cccc(O)c4)c4ccc([nH]4)c(-c4cccc(O)c4)c4nc(c(-c5cccc(O)c5)c5ccc([nH]5)c3-c3cccc(O)c3)C=C4)C2(O)c2cc(C(F)(F)F)cc(C(F)(F)F)c2)c1. The number of H-pyrrole nitrogens is 2. The minimum atomic E-state index is -5.59. The molecule has 0 radical (unpaired) electrons. The van der Waals surface area contributed by atoms with Gasteiger partial charge in [0, 0.05) is 44.3 Å². The fourth-order valence-corrected chi connectivity index (χ4v) is 10.5. The lowest BCUT2D eigenvalue weighted by Gasteiger charge is -2.41. The van der Waals surface area contributed by atoms with E-state index in [1.807, 2.05) is 0 Å². The Morgan fingerprint density at radius 3 is 1.04 bits per heavy atom. The van der Waals surface area contributed by atoms with Crippen LogP contribution in [0.25, 0.3) is 78.7 Å². The van der Waals surface area contributed by atoms with Crippen LogP contribution in [0, 0.1) is 6.92 Å². The summed E-state index contributed by atoms with van der Waals surface area (Å²) in [5, 5.41) is 72.7. The van der Waals surface area contributed by atoms with Crippen molar-refractivity contribution in [3.8, 4) is 67.5 Å². The number of hydrogen-bond acceptors (Lipinski definition) is 8. The van der Waals surface area contributed by atoms with E-state index in [1.54, 1.807) is 36.4 Å². The number of aliphatic hydroxyl groups is 2. The molecule has 9 aromatic rings. The highest BCUT2D eigenvalue weighted by molar-refractivity contribution is 5.98. The smallest absolute Gasteiger partial charge is 0.416 e. The predicted molar refractivity (Wildman–Crippen MR) is 277 cm³/mol. The van der Waals surface area contributed by atoms with Gasteiger partial charge in [0.05, 0.1) is 39.5 Å². The molecule has 8 bridgehead atoms. The van der Waals surface area contributed by atoms with Crippen LogP contribution in [0.3, 0.4) is 0 Å². The standard InChI is InChI=1S/C60H39F9N4O6/c1-30-20-35(26-37(21-30)58(61,62)63)56(78)54-52(33-8-4-12-42(76)24-33)48-18-16-46(71-48)50(31-6-2-10-40(74)22-31)44-14-15-45(70-44)51(32-7-3-11-41(75)23-32)47-17-19-49(72-47)53(34-9-5-13-43(77)25-34)55(73-54)57(56,79)36-27-38(59(64,65)66)29-39(28-36)60(67,68)69/h2-29,71-72,74-79H,1H3. The highest BCUT2D eigenvalue weighted by Gasteiger charge is 2.63. The molecule has 11 rings (SSSR count). The van der Waals surface area contributed by atoms with Crippen molar-refractivity contribution >= 4 is 34.2 Å². The molecule has 0 aliphatic carbocycles. The van der Waals surface area contributed by atoms with Crippen LogP contribution in [0.4, 0.5) is 39.5 Å². The third kappa shape index (κ3) is 8.95. The molecule has 8 N–H and O–H groups in total. The second kappa shape index (κ2) is 18.4. The van der Waals surface area contributed by atoms with Crippen molar-refractivity contribution in [1.82, 2.24) is 19.9 Å². The van der Waals surface area contributed by atoms with Gasteiger partial charge in [-0.2, -0.15) is 39.5 Å². The van der Waals surface area contributed by atoms with Gasteiger partial charge < -0.3 is 40.6 Å². The highest BCUT2D eigenvalue weighted by Crippen LogP contribution is 2.59. The molecule has 0 amide bonds. The van der Waals surface area contributed by atoms with Crippen molar-refractivity contribution in [1.29, 1.82) is 0 Å². The third-order valence-electron chi connectivity index (χ3n) is 13.9. The van der Waals surface area contributed by atoms with Gasteiger partial charge in [0.1, 0.15) is 23.0 Å². The monoisotopic (exact) mass is 1080 g/mol. The van der Waals surface area contributed by atoms with Gasteiger partial charge in [0.25, 0.3) is 0 Å². The Balaban J connectivity index is 1.47. The lowest BCUT2D eigenvalue weighted by molar-refractivity contribution is -0.145. The van der Waals surface area contributed by atoms with Gasteiger partial charge in [-0.1, -0.05) is 60.2 Å². The average molecular weight is 1080 g/mol. The van der Waals surface area contributed by atoms with E-state index in [4.69, 9.17) is 9.97 Å². The normalized spacial score (nSPS) is 16.6. The van der Waals surface area contributed by atoms with Crippen molar-refractivity contribution in [3.63, 3.8) is 0 Å². The summed E-state index contributed by atoms with van der Waals surface area (Å²) in [6.45, 7) is 1.19. The van der Waals surface area contributed by atoms with Crippen molar-refractivity contribution in [2.45, 2.75) is 36.7 Å². The number of aryl methyl sites for hydroxylation is 1. The van der Waals surface area contributed by atoms with Crippen LogP contribution in [-0.2, 0) is 29.7 Å². The summed E-state index contributed by atoms with van der Waals surface area (Å²) in [5.41, 5.74) is -16.2. The molecule has 5 heterocycles. The van der Waals surface area contributed by atoms with Crippen LogP contribution in [0.2, 0.25) is 0 Å². The third-order valence-corrected chi connectivity index (χ3v) is 13.9. The minimum Gasteiger partial charge on any atom is -0.508 e. The molecule has 3 aromatic heterocycles. The first-order valence-corrected chi connectivity index (χ1v) is 23.9. The largest absolute Gasteiger partial charge is 0.508 e. The average Bonchev–Trinajstić information content (AvgIpc) is 2.61. The first kappa shape index (κ1) is 51.8. The lowest BCUT2D eigenvalue weighted by atomic mass is 9.68. The molecule has 2 atom stereocenters. The number of aromatic nitrogens is 4. The molecule has 0 saturated heterocycles. The fourth-order valence-electron chi connectivity index (χ4n) is 10.5. The first-order chi connectivity index (χ1) is 37.3. The quantitative estimate of drug-likeness (QED) is 0.0758. The number of phenolic OH excluding ortho intramolecular Hbond substituents is 4. The van der Waals surface area contributed by atoms with Gasteiger partial charge >= 0.3 is 18.5 Å². The molecule has 2 aliphatic heterocycles. The van der Waals surface area contributed by atoms with Crippen LogP contribution in [0.5, 0.6) is 23.0 Å². The molecule has 79 heavy (non-hydrogen) atoms. The maximum Gasteiger partial charge on any atom is 0.416 e. The number of fused-ring (bicyclic) bond motifs is 8. The van der Waals surface area contributed by atoms with E-state index < -0.39 is 86.0 Å². The van der Waals surface area contributed by atoms with Gasteiger partial charge in [-0.15, -0.1) is 0 Å². The second-order valence-corrected chi connectivity index (χ2v) is 19.1. The summed E-state index contributed by atoms with van der Waals surface area (Å²) >= 11 is 0. The summed E-state index contributed by atoms with van der Waals surface area (Å²) in [5.74, 6) is -1.23. The van der Waals surface area contributed by atoms with Crippen LogP contribution in [0.15, 0.2) is 158 Å². The number of hydrogen-bond donors (Lipinski definition) is 8. The first-order valence-electron chi connectivity index (χ1n) is 23.9. The number of aromatic amines is 2. The highest BCUT2D eigenvalue weighted by atomic mass is 19.4. The summed E-state index contributed by atoms with van der Waals surface area (Å²) in [6, 6.07) is 30.2. The molecular weight excluding hydrogens is 1040 g/mol. The number of nitrogens with zero attached hydrogens (tertiary/aromatic N) is 2. The van der Waals surface area contributed by atoms with Gasteiger partial charge in [0.2, 0.25) is 0 Å². The van der Waals surface area contributed by atoms with E-state index in [2.05, 4.69) is 9.97 Å². The Hall–Kier alpha value is -9.33. The maximum atomic E-state index is 15.2. The number of alkyl halides is 9. The van der Waals surface area contributed by atoms with Crippen molar-refractivity contribution in [2.75, 3.05) is 0 Å². The number of phenols is 4. The Morgan fingerprint density at radius 1 is 0.380 bits per heavy atom. The molecule has 0 spiro atoms. The number of halogens is 9. The van der Waals surface area contributed by atoms with Crippen molar-refractivity contribution in [2.24, 2.45) is 0 Å². The fraction of sp³-hybridized carbons (Fsp3) is 0.100. The topological polar surface area (TPSA) is 179 Å². The number of benzene rings is 6. The molecule has 10 nitrogen and oxygen atoms in total. The Kier molecular flexibility index (Phi) is 12.1. The Morgan fingerprint density at radius 2 is 0.696 bits per heavy atom. The van der Waals surface area contributed by atoms with Crippen molar-refractivity contribution in [3.05, 3.63) is 214 Å².